The van der Waals surface area contributed by atoms with Gasteiger partial charge in [0.15, 0.2) is 9.84 Å². The molecule has 100 valence electrons. The number of hydrogen-bond donors (Lipinski definition) is 2. The molecule has 0 spiro atoms. The first-order valence-electron chi connectivity index (χ1n) is 6.14. The molecule has 1 aromatic carbocycles. The predicted octanol–water partition coefficient (Wildman–Crippen LogP) is 1.48. The van der Waals surface area contributed by atoms with E-state index in [1.807, 2.05) is 26.8 Å². The monoisotopic (exact) mass is 268 g/mol. The maximum absolute atomic E-state index is 12.6. The van der Waals surface area contributed by atoms with Crippen molar-refractivity contribution in [2.24, 2.45) is 0 Å². The summed E-state index contributed by atoms with van der Waals surface area (Å²) in [7, 11) is -1.48. The quantitative estimate of drug-likeness (QED) is 0.853. The molecule has 0 saturated carbocycles. The number of anilines is 1. The fourth-order valence-corrected chi connectivity index (χ4v) is 4.48. The van der Waals surface area contributed by atoms with E-state index in [2.05, 4.69) is 10.6 Å². The predicted molar refractivity (Wildman–Crippen MR) is 73.9 cm³/mol. The molecule has 18 heavy (non-hydrogen) atoms. The highest BCUT2D eigenvalue weighted by Crippen LogP contribution is 2.34. The molecule has 2 rings (SSSR count). The minimum atomic E-state index is -3.26. The summed E-state index contributed by atoms with van der Waals surface area (Å²) in [5.41, 5.74) is 2.85. The van der Waals surface area contributed by atoms with Gasteiger partial charge in [0.1, 0.15) is 0 Å². The third-order valence-electron chi connectivity index (χ3n) is 3.65. The first-order chi connectivity index (χ1) is 8.37. The molecule has 4 nitrogen and oxygen atoms in total. The molecule has 0 bridgehead atoms. The standard InChI is InChI=1S/C13H20N2O2S/c1-8-5-11-12(6-9(8)2)18(16,17)13(7-14-4)10(3)15-11/h5-6,10,13-15H,7H2,1-4H3. The summed E-state index contributed by atoms with van der Waals surface area (Å²) in [4.78, 5) is 0.434. The molecular formula is C13H20N2O2S. The van der Waals surface area contributed by atoms with E-state index in [1.54, 1.807) is 13.1 Å². The van der Waals surface area contributed by atoms with Gasteiger partial charge in [-0.1, -0.05) is 0 Å². The van der Waals surface area contributed by atoms with E-state index < -0.39 is 15.1 Å². The molecule has 1 aliphatic heterocycles. The zero-order chi connectivity index (χ0) is 13.5. The second-order valence-electron chi connectivity index (χ2n) is 5.01. The lowest BCUT2D eigenvalue weighted by Gasteiger charge is -2.32. The van der Waals surface area contributed by atoms with Gasteiger partial charge in [0.05, 0.1) is 15.8 Å². The van der Waals surface area contributed by atoms with Crippen LogP contribution in [0.5, 0.6) is 0 Å². The Labute approximate surface area is 109 Å². The van der Waals surface area contributed by atoms with Crippen LogP contribution in [0.25, 0.3) is 0 Å². The summed E-state index contributed by atoms with van der Waals surface area (Å²) in [5.74, 6) is 0. The van der Waals surface area contributed by atoms with Crippen molar-refractivity contribution in [1.82, 2.24) is 5.32 Å². The highest BCUT2D eigenvalue weighted by Gasteiger charge is 2.38. The fraction of sp³-hybridized carbons (Fsp3) is 0.538. The Morgan fingerprint density at radius 1 is 1.28 bits per heavy atom. The molecule has 0 amide bonds. The molecule has 2 N–H and O–H groups in total. The van der Waals surface area contributed by atoms with Crippen molar-refractivity contribution in [3.63, 3.8) is 0 Å². The lowest BCUT2D eigenvalue weighted by molar-refractivity contribution is 0.549. The van der Waals surface area contributed by atoms with Gasteiger partial charge in [-0.2, -0.15) is 0 Å². The van der Waals surface area contributed by atoms with Crippen molar-refractivity contribution in [2.45, 2.75) is 37.0 Å². The lowest BCUT2D eigenvalue weighted by Crippen LogP contribution is -2.47. The van der Waals surface area contributed by atoms with Gasteiger partial charge in [0.25, 0.3) is 0 Å². The molecule has 2 atom stereocenters. The topological polar surface area (TPSA) is 58.2 Å². The van der Waals surface area contributed by atoms with Crippen molar-refractivity contribution in [3.8, 4) is 0 Å². The van der Waals surface area contributed by atoms with Gasteiger partial charge in [0.2, 0.25) is 0 Å². The number of hydrogen-bond acceptors (Lipinski definition) is 4. The van der Waals surface area contributed by atoms with E-state index in [0.29, 0.717) is 11.4 Å². The average Bonchev–Trinajstić information content (AvgIpc) is 2.28. The molecular weight excluding hydrogens is 248 g/mol. The third kappa shape index (κ3) is 2.01. The minimum absolute atomic E-state index is 0.0861. The van der Waals surface area contributed by atoms with E-state index in [0.717, 1.165) is 16.8 Å². The second kappa shape index (κ2) is 4.55. The average molecular weight is 268 g/mol. The molecule has 0 radical (unpaired) electrons. The molecule has 0 saturated heterocycles. The number of rotatable bonds is 2. The van der Waals surface area contributed by atoms with Gasteiger partial charge in [-0.05, 0) is 51.1 Å². The van der Waals surface area contributed by atoms with E-state index in [1.165, 1.54) is 0 Å². The van der Waals surface area contributed by atoms with Crippen LogP contribution in [0, 0.1) is 13.8 Å². The van der Waals surface area contributed by atoms with Crippen molar-refractivity contribution in [3.05, 3.63) is 23.3 Å². The number of nitrogens with one attached hydrogen (secondary N) is 2. The molecule has 0 aliphatic carbocycles. The van der Waals surface area contributed by atoms with Gasteiger partial charge in [-0.3, -0.25) is 0 Å². The number of aryl methyl sites for hydroxylation is 2. The molecule has 0 aromatic heterocycles. The molecule has 0 fully saturated rings. The van der Waals surface area contributed by atoms with Gasteiger partial charge in [-0.25, -0.2) is 8.42 Å². The highest BCUT2D eigenvalue weighted by atomic mass is 32.2. The Kier molecular flexibility index (Phi) is 3.38. The van der Waals surface area contributed by atoms with Crippen LogP contribution in [0.1, 0.15) is 18.1 Å². The zero-order valence-corrected chi connectivity index (χ0v) is 12.1. The second-order valence-corrected chi connectivity index (χ2v) is 7.14. The molecule has 5 heteroatoms. The van der Waals surface area contributed by atoms with Crippen molar-refractivity contribution >= 4 is 15.5 Å². The number of fused-ring (bicyclic) bond motifs is 1. The third-order valence-corrected chi connectivity index (χ3v) is 5.97. The zero-order valence-electron chi connectivity index (χ0n) is 11.2. The Morgan fingerprint density at radius 2 is 1.89 bits per heavy atom. The van der Waals surface area contributed by atoms with Crippen LogP contribution in [-0.4, -0.2) is 33.3 Å². The van der Waals surface area contributed by atoms with Crippen molar-refractivity contribution in [2.75, 3.05) is 18.9 Å². The Balaban J connectivity index is 2.59. The summed E-state index contributed by atoms with van der Waals surface area (Å²) < 4.78 is 25.2. The summed E-state index contributed by atoms with van der Waals surface area (Å²) in [6.45, 7) is 6.31. The number of benzene rings is 1. The van der Waals surface area contributed by atoms with E-state index >= 15 is 0 Å². The lowest BCUT2D eigenvalue weighted by atomic mass is 10.1. The molecule has 1 aromatic rings. The fourth-order valence-electron chi connectivity index (χ4n) is 2.40. The van der Waals surface area contributed by atoms with Gasteiger partial charge in [0, 0.05) is 12.6 Å². The van der Waals surface area contributed by atoms with Crippen LogP contribution in [0.4, 0.5) is 5.69 Å². The van der Waals surface area contributed by atoms with Crippen LogP contribution >= 0.6 is 0 Å². The van der Waals surface area contributed by atoms with Crippen molar-refractivity contribution in [1.29, 1.82) is 0 Å². The molecule has 2 unspecified atom stereocenters. The van der Waals surface area contributed by atoms with Crippen molar-refractivity contribution < 1.29 is 8.42 Å². The van der Waals surface area contributed by atoms with Gasteiger partial charge < -0.3 is 10.6 Å². The molecule has 1 heterocycles. The first-order valence-corrected chi connectivity index (χ1v) is 7.69. The maximum atomic E-state index is 12.6. The van der Waals surface area contributed by atoms with E-state index in [9.17, 15) is 8.42 Å². The first kappa shape index (κ1) is 13.4. The smallest absolute Gasteiger partial charge is 0.186 e. The number of sulfone groups is 1. The van der Waals surface area contributed by atoms with E-state index in [-0.39, 0.29) is 6.04 Å². The minimum Gasteiger partial charge on any atom is -0.380 e. The van der Waals surface area contributed by atoms with Gasteiger partial charge in [-0.15, -0.1) is 0 Å². The normalized spacial score (nSPS) is 25.3. The van der Waals surface area contributed by atoms with Crippen LogP contribution < -0.4 is 10.6 Å². The van der Waals surface area contributed by atoms with Crippen LogP contribution in [-0.2, 0) is 9.84 Å². The van der Waals surface area contributed by atoms with Gasteiger partial charge >= 0.3 is 0 Å². The summed E-state index contributed by atoms with van der Waals surface area (Å²) in [6, 6.07) is 3.62. The SMILES string of the molecule is CNCC1C(C)Nc2cc(C)c(C)cc2S1(=O)=O. The summed E-state index contributed by atoms with van der Waals surface area (Å²) >= 11 is 0. The molecule has 1 aliphatic rings. The largest absolute Gasteiger partial charge is 0.380 e. The Morgan fingerprint density at radius 3 is 2.50 bits per heavy atom. The van der Waals surface area contributed by atoms with E-state index in [4.69, 9.17) is 0 Å². The van der Waals surface area contributed by atoms with Crippen LogP contribution in [0.3, 0.4) is 0 Å². The Bertz CT molecular complexity index is 567. The van der Waals surface area contributed by atoms with Crippen LogP contribution in [0.2, 0.25) is 0 Å². The maximum Gasteiger partial charge on any atom is 0.186 e. The summed E-state index contributed by atoms with van der Waals surface area (Å²) in [6.07, 6.45) is 0. The Hall–Kier alpha value is -1.07. The summed E-state index contributed by atoms with van der Waals surface area (Å²) in [5, 5.41) is 5.84. The van der Waals surface area contributed by atoms with Crippen LogP contribution in [0.15, 0.2) is 17.0 Å². The highest BCUT2D eigenvalue weighted by molar-refractivity contribution is 7.92.